The molecule has 4 nitrogen and oxygen atoms in total. The minimum atomic E-state index is 0.537. The molecule has 4 heteroatoms. The molecular formula is C15H19NO3. The van der Waals surface area contributed by atoms with Gasteiger partial charge in [0.05, 0.1) is 18.2 Å². The highest BCUT2D eigenvalue weighted by molar-refractivity contribution is 5.34. The lowest BCUT2D eigenvalue weighted by Crippen LogP contribution is -2.21. The lowest BCUT2D eigenvalue weighted by atomic mass is 10.0. The van der Waals surface area contributed by atoms with Gasteiger partial charge in [0.1, 0.15) is 12.4 Å². The van der Waals surface area contributed by atoms with Crippen molar-refractivity contribution in [2.75, 3.05) is 33.0 Å². The molecule has 0 spiro atoms. The molecule has 2 rings (SSSR count). The van der Waals surface area contributed by atoms with Gasteiger partial charge in [0.2, 0.25) is 0 Å². The number of benzene rings is 1. The van der Waals surface area contributed by atoms with E-state index in [9.17, 15) is 0 Å². The minimum Gasteiger partial charge on any atom is -0.491 e. The summed E-state index contributed by atoms with van der Waals surface area (Å²) < 4.78 is 16.4. The van der Waals surface area contributed by atoms with Crippen LogP contribution in [-0.4, -0.2) is 33.0 Å². The van der Waals surface area contributed by atoms with Gasteiger partial charge in [-0.25, -0.2) is 0 Å². The molecule has 1 aliphatic heterocycles. The molecule has 0 aliphatic carbocycles. The molecule has 0 saturated carbocycles. The first-order valence-corrected chi connectivity index (χ1v) is 6.67. The standard InChI is InChI=1S/C15H19NO3/c16-11-13-1-3-15(4-2-13)19-10-9-18-12-14-5-7-17-8-6-14/h1-4,14H,5-10,12H2. The van der Waals surface area contributed by atoms with E-state index in [1.807, 2.05) is 0 Å². The van der Waals surface area contributed by atoms with Gasteiger partial charge < -0.3 is 14.2 Å². The van der Waals surface area contributed by atoms with Gasteiger partial charge in [-0.05, 0) is 43.0 Å². The minimum absolute atomic E-state index is 0.537. The zero-order chi connectivity index (χ0) is 13.3. The Kier molecular flexibility index (Phi) is 5.67. The van der Waals surface area contributed by atoms with E-state index in [1.165, 1.54) is 0 Å². The van der Waals surface area contributed by atoms with Gasteiger partial charge in [-0.15, -0.1) is 0 Å². The molecule has 1 aromatic carbocycles. The number of hydrogen-bond acceptors (Lipinski definition) is 4. The third-order valence-electron chi connectivity index (χ3n) is 3.17. The predicted molar refractivity (Wildman–Crippen MR) is 71.0 cm³/mol. The van der Waals surface area contributed by atoms with Crippen molar-refractivity contribution in [1.29, 1.82) is 5.26 Å². The highest BCUT2D eigenvalue weighted by atomic mass is 16.5. The fraction of sp³-hybridized carbons (Fsp3) is 0.533. The molecule has 0 amide bonds. The first-order valence-electron chi connectivity index (χ1n) is 6.67. The molecule has 0 aromatic heterocycles. The Morgan fingerprint density at radius 3 is 2.58 bits per heavy atom. The maximum atomic E-state index is 8.68. The molecule has 102 valence electrons. The van der Waals surface area contributed by atoms with Crippen LogP contribution in [0.5, 0.6) is 5.75 Å². The van der Waals surface area contributed by atoms with Gasteiger partial charge in [0, 0.05) is 19.8 Å². The molecule has 0 N–H and O–H groups in total. The third-order valence-corrected chi connectivity index (χ3v) is 3.17. The molecule has 0 bridgehead atoms. The van der Waals surface area contributed by atoms with E-state index in [0.29, 0.717) is 24.7 Å². The topological polar surface area (TPSA) is 51.5 Å². The Bertz CT molecular complexity index is 404. The van der Waals surface area contributed by atoms with Crippen molar-refractivity contribution in [3.63, 3.8) is 0 Å². The Labute approximate surface area is 113 Å². The quantitative estimate of drug-likeness (QED) is 0.738. The summed E-state index contributed by atoms with van der Waals surface area (Å²) in [5.41, 5.74) is 0.642. The molecule has 0 unspecified atom stereocenters. The lowest BCUT2D eigenvalue weighted by Gasteiger charge is -2.21. The van der Waals surface area contributed by atoms with Gasteiger partial charge in [-0.3, -0.25) is 0 Å². The largest absolute Gasteiger partial charge is 0.491 e. The average Bonchev–Trinajstić information content (AvgIpc) is 2.49. The van der Waals surface area contributed by atoms with Crippen LogP contribution in [0, 0.1) is 17.2 Å². The number of nitriles is 1. The Morgan fingerprint density at radius 1 is 1.16 bits per heavy atom. The van der Waals surface area contributed by atoms with Crippen LogP contribution < -0.4 is 4.74 Å². The highest BCUT2D eigenvalue weighted by Gasteiger charge is 2.13. The summed E-state index contributed by atoms with van der Waals surface area (Å²) in [6.45, 7) is 3.64. The van der Waals surface area contributed by atoms with Crippen LogP contribution >= 0.6 is 0 Å². The monoisotopic (exact) mass is 261 g/mol. The van der Waals surface area contributed by atoms with Gasteiger partial charge in [-0.1, -0.05) is 0 Å². The van der Waals surface area contributed by atoms with Crippen molar-refractivity contribution in [1.82, 2.24) is 0 Å². The molecule has 1 heterocycles. The van der Waals surface area contributed by atoms with Crippen LogP contribution in [0.3, 0.4) is 0 Å². The molecule has 1 fully saturated rings. The van der Waals surface area contributed by atoms with Crippen molar-refractivity contribution in [2.45, 2.75) is 12.8 Å². The van der Waals surface area contributed by atoms with E-state index in [1.54, 1.807) is 24.3 Å². The van der Waals surface area contributed by atoms with Crippen molar-refractivity contribution in [2.24, 2.45) is 5.92 Å². The van der Waals surface area contributed by atoms with E-state index in [2.05, 4.69) is 6.07 Å². The summed E-state index contributed by atoms with van der Waals surface area (Å²) in [7, 11) is 0. The second-order valence-corrected chi connectivity index (χ2v) is 4.62. The van der Waals surface area contributed by atoms with Crippen LogP contribution in [0.1, 0.15) is 18.4 Å². The number of hydrogen-bond donors (Lipinski definition) is 0. The molecular weight excluding hydrogens is 242 g/mol. The summed E-state index contributed by atoms with van der Waals surface area (Å²) in [6, 6.07) is 9.18. The van der Waals surface area contributed by atoms with E-state index >= 15 is 0 Å². The van der Waals surface area contributed by atoms with Gasteiger partial charge in [0.15, 0.2) is 0 Å². The van der Waals surface area contributed by atoms with Crippen LogP contribution in [0.25, 0.3) is 0 Å². The van der Waals surface area contributed by atoms with Crippen LogP contribution in [0.15, 0.2) is 24.3 Å². The lowest BCUT2D eigenvalue weighted by molar-refractivity contribution is 0.0139. The molecule has 1 saturated heterocycles. The van der Waals surface area contributed by atoms with Gasteiger partial charge in [-0.2, -0.15) is 5.26 Å². The van der Waals surface area contributed by atoms with E-state index in [4.69, 9.17) is 19.5 Å². The SMILES string of the molecule is N#Cc1ccc(OCCOCC2CCOCC2)cc1. The molecule has 0 atom stereocenters. The van der Waals surface area contributed by atoms with Crippen molar-refractivity contribution in [3.8, 4) is 11.8 Å². The fourth-order valence-corrected chi connectivity index (χ4v) is 2.01. The fourth-order valence-electron chi connectivity index (χ4n) is 2.01. The van der Waals surface area contributed by atoms with Crippen LogP contribution in [-0.2, 0) is 9.47 Å². The predicted octanol–water partition coefficient (Wildman–Crippen LogP) is 2.38. The molecule has 1 aromatic rings. The number of ether oxygens (including phenoxy) is 3. The summed E-state index contributed by atoms with van der Waals surface area (Å²) in [5.74, 6) is 1.40. The smallest absolute Gasteiger partial charge is 0.119 e. The Balaban J connectivity index is 1.57. The highest BCUT2D eigenvalue weighted by Crippen LogP contribution is 2.15. The molecule has 19 heavy (non-hydrogen) atoms. The molecule has 0 radical (unpaired) electrons. The van der Waals surface area contributed by atoms with Crippen LogP contribution in [0.2, 0.25) is 0 Å². The first-order chi connectivity index (χ1) is 9.38. The Morgan fingerprint density at radius 2 is 1.89 bits per heavy atom. The van der Waals surface area contributed by atoms with Gasteiger partial charge in [0.25, 0.3) is 0 Å². The zero-order valence-electron chi connectivity index (χ0n) is 11.0. The van der Waals surface area contributed by atoms with Crippen molar-refractivity contribution >= 4 is 0 Å². The summed E-state index contributed by atoms with van der Waals surface area (Å²) in [5, 5.41) is 8.68. The van der Waals surface area contributed by atoms with E-state index < -0.39 is 0 Å². The maximum Gasteiger partial charge on any atom is 0.119 e. The summed E-state index contributed by atoms with van der Waals surface area (Å²) >= 11 is 0. The first kappa shape index (κ1) is 13.9. The Hall–Kier alpha value is -1.57. The number of nitrogens with zero attached hydrogens (tertiary/aromatic N) is 1. The third kappa shape index (κ3) is 4.90. The average molecular weight is 261 g/mol. The second kappa shape index (κ2) is 7.78. The van der Waals surface area contributed by atoms with Crippen molar-refractivity contribution in [3.05, 3.63) is 29.8 Å². The van der Waals surface area contributed by atoms with E-state index in [0.717, 1.165) is 38.4 Å². The normalized spacial score (nSPS) is 15.9. The van der Waals surface area contributed by atoms with Gasteiger partial charge >= 0.3 is 0 Å². The summed E-state index contributed by atoms with van der Waals surface area (Å²) in [4.78, 5) is 0. The molecule has 1 aliphatic rings. The van der Waals surface area contributed by atoms with Crippen molar-refractivity contribution < 1.29 is 14.2 Å². The number of rotatable bonds is 6. The second-order valence-electron chi connectivity index (χ2n) is 4.62. The van der Waals surface area contributed by atoms with E-state index in [-0.39, 0.29) is 0 Å². The maximum absolute atomic E-state index is 8.68. The summed E-state index contributed by atoms with van der Waals surface area (Å²) in [6.07, 6.45) is 2.19. The van der Waals surface area contributed by atoms with Crippen LogP contribution in [0.4, 0.5) is 0 Å². The zero-order valence-corrected chi connectivity index (χ0v) is 11.0.